The third-order valence-corrected chi connectivity index (χ3v) is 1.81. The van der Waals surface area contributed by atoms with Gasteiger partial charge < -0.3 is 16.4 Å². The smallest absolute Gasteiger partial charge is 0.221 e. The van der Waals surface area contributed by atoms with E-state index in [1.54, 1.807) is 6.20 Å². The molecule has 5 nitrogen and oxygen atoms in total. The highest BCUT2D eigenvalue weighted by atomic mass is 35.5. The lowest BCUT2D eigenvalue weighted by molar-refractivity contribution is 0.471. The molecule has 0 amide bonds. The van der Waals surface area contributed by atoms with E-state index in [9.17, 15) is 0 Å². The van der Waals surface area contributed by atoms with Gasteiger partial charge in [0.2, 0.25) is 5.95 Å². The first-order chi connectivity index (χ1) is 5.84. The monoisotopic (exact) mass is 273 g/mol. The van der Waals surface area contributed by atoms with Crippen LogP contribution in [0.1, 0.15) is 0 Å². The predicted molar refractivity (Wildman–Crippen MR) is 68.5 cm³/mol. The molecule has 0 atom stereocenters. The zero-order valence-electron chi connectivity index (χ0n) is 7.84. The number of nitrogens with one attached hydrogen (secondary N) is 2. The lowest BCUT2D eigenvalue weighted by Gasteiger charge is -2.28. The van der Waals surface area contributed by atoms with E-state index in [0.717, 1.165) is 18.9 Å². The number of hydrogen-bond acceptors (Lipinski definition) is 5. The lowest BCUT2D eigenvalue weighted by atomic mass is 10.2. The molecule has 4 N–H and O–H groups in total. The molecule has 1 saturated heterocycles. The number of halogens is 3. The molecule has 0 aromatic carbocycles. The molecule has 1 aromatic heterocycles. The van der Waals surface area contributed by atoms with E-state index < -0.39 is 0 Å². The summed E-state index contributed by atoms with van der Waals surface area (Å²) < 4.78 is 0. The third kappa shape index (κ3) is 4.70. The topological polar surface area (TPSA) is 75.9 Å². The molecule has 0 spiro atoms. The Hall–Kier alpha value is -0.490. The second-order valence-corrected chi connectivity index (χ2v) is 2.80. The minimum atomic E-state index is 0. The first-order valence-electron chi connectivity index (χ1n) is 3.90. The first-order valence-corrected chi connectivity index (χ1v) is 3.90. The molecule has 1 aliphatic rings. The number of hydrogen-bond donors (Lipinski definition) is 3. The van der Waals surface area contributed by atoms with E-state index in [0.29, 0.717) is 12.0 Å². The van der Waals surface area contributed by atoms with Crippen molar-refractivity contribution in [1.82, 2.24) is 15.3 Å². The SMILES string of the molecule is Cl.Cl.Cl.Nc1nccc(NC2CNC2)n1. The van der Waals surface area contributed by atoms with Gasteiger partial charge in [0.25, 0.3) is 0 Å². The van der Waals surface area contributed by atoms with Gasteiger partial charge in [0, 0.05) is 19.3 Å². The minimum absolute atomic E-state index is 0. The summed E-state index contributed by atoms with van der Waals surface area (Å²) in [5, 5.41) is 6.38. The molecule has 0 bridgehead atoms. The maximum Gasteiger partial charge on any atom is 0.221 e. The zero-order chi connectivity index (χ0) is 8.39. The van der Waals surface area contributed by atoms with Crippen LogP contribution in [0.4, 0.5) is 11.8 Å². The standard InChI is InChI=1S/C7H11N5.3ClH/c8-7-10-2-1-6(12-7)11-5-3-9-4-5;;;/h1-2,5,9H,3-4H2,(H3,8,10,11,12);3*1H. The van der Waals surface area contributed by atoms with Crippen LogP contribution in [-0.4, -0.2) is 29.1 Å². The summed E-state index contributed by atoms with van der Waals surface area (Å²) in [7, 11) is 0. The average Bonchev–Trinajstić information content (AvgIpc) is 1.97. The number of nitrogens with zero attached hydrogens (tertiary/aromatic N) is 2. The third-order valence-electron chi connectivity index (χ3n) is 1.81. The van der Waals surface area contributed by atoms with Crippen LogP contribution >= 0.6 is 37.2 Å². The van der Waals surface area contributed by atoms with Gasteiger partial charge in [-0.1, -0.05) is 0 Å². The van der Waals surface area contributed by atoms with Crippen molar-refractivity contribution in [3.05, 3.63) is 12.3 Å². The molecule has 0 aliphatic carbocycles. The largest absolute Gasteiger partial charge is 0.368 e. The van der Waals surface area contributed by atoms with E-state index in [2.05, 4.69) is 20.6 Å². The summed E-state index contributed by atoms with van der Waals surface area (Å²) in [6.45, 7) is 1.98. The van der Waals surface area contributed by atoms with Crippen molar-refractivity contribution in [2.45, 2.75) is 6.04 Å². The highest BCUT2D eigenvalue weighted by molar-refractivity contribution is 5.86. The second kappa shape index (κ2) is 7.76. The van der Waals surface area contributed by atoms with Crippen molar-refractivity contribution in [2.24, 2.45) is 0 Å². The first kappa shape index (κ1) is 16.9. The van der Waals surface area contributed by atoms with Crippen molar-refractivity contribution in [1.29, 1.82) is 0 Å². The molecule has 88 valence electrons. The van der Waals surface area contributed by atoms with Gasteiger partial charge in [-0.15, -0.1) is 37.2 Å². The quantitative estimate of drug-likeness (QED) is 0.740. The molecule has 1 fully saturated rings. The second-order valence-electron chi connectivity index (χ2n) is 2.80. The number of rotatable bonds is 2. The van der Waals surface area contributed by atoms with E-state index in [1.807, 2.05) is 6.07 Å². The van der Waals surface area contributed by atoms with Gasteiger partial charge in [-0.25, -0.2) is 4.98 Å². The number of nitrogens with two attached hydrogens (primary N) is 1. The van der Waals surface area contributed by atoms with Gasteiger partial charge >= 0.3 is 0 Å². The Morgan fingerprint density at radius 2 is 2.00 bits per heavy atom. The fraction of sp³-hybridized carbons (Fsp3) is 0.429. The van der Waals surface area contributed by atoms with Crippen LogP contribution in [-0.2, 0) is 0 Å². The normalized spacial score (nSPS) is 13.6. The Balaban J connectivity index is 0. The lowest BCUT2D eigenvalue weighted by Crippen LogP contribution is -2.51. The van der Waals surface area contributed by atoms with Crippen LogP contribution in [0.15, 0.2) is 12.3 Å². The highest BCUT2D eigenvalue weighted by Gasteiger charge is 2.16. The molecular weight excluding hydrogens is 260 g/mol. The fourth-order valence-corrected chi connectivity index (χ4v) is 1.05. The average molecular weight is 275 g/mol. The van der Waals surface area contributed by atoms with E-state index in [-0.39, 0.29) is 37.2 Å². The summed E-state index contributed by atoms with van der Waals surface area (Å²) in [5.41, 5.74) is 5.42. The van der Waals surface area contributed by atoms with Gasteiger partial charge in [0.05, 0.1) is 6.04 Å². The molecule has 15 heavy (non-hydrogen) atoms. The summed E-state index contributed by atoms with van der Waals surface area (Å²) in [6, 6.07) is 2.30. The summed E-state index contributed by atoms with van der Waals surface area (Å²) in [5.74, 6) is 1.11. The fourth-order valence-electron chi connectivity index (χ4n) is 1.05. The van der Waals surface area contributed by atoms with Gasteiger partial charge in [-0.2, -0.15) is 4.98 Å². The molecule has 1 aliphatic heterocycles. The molecule has 2 heterocycles. The molecule has 0 unspecified atom stereocenters. The summed E-state index contributed by atoms with van der Waals surface area (Å²) in [6.07, 6.45) is 1.65. The maximum atomic E-state index is 5.42. The van der Waals surface area contributed by atoms with Crippen molar-refractivity contribution in [3.63, 3.8) is 0 Å². The Labute approximate surface area is 107 Å². The van der Waals surface area contributed by atoms with Crippen molar-refractivity contribution in [3.8, 4) is 0 Å². The van der Waals surface area contributed by atoms with Crippen LogP contribution in [0.25, 0.3) is 0 Å². The van der Waals surface area contributed by atoms with Gasteiger partial charge in [0.1, 0.15) is 5.82 Å². The van der Waals surface area contributed by atoms with Crippen LogP contribution in [0.5, 0.6) is 0 Å². The molecule has 0 radical (unpaired) electrons. The summed E-state index contributed by atoms with van der Waals surface area (Å²) in [4.78, 5) is 7.82. The molecule has 0 saturated carbocycles. The molecule has 2 rings (SSSR count). The number of anilines is 2. The highest BCUT2D eigenvalue weighted by Crippen LogP contribution is 2.06. The van der Waals surface area contributed by atoms with Crippen LogP contribution < -0.4 is 16.4 Å². The van der Waals surface area contributed by atoms with E-state index in [1.165, 1.54) is 0 Å². The zero-order valence-corrected chi connectivity index (χ0v) is 10.3. The Morgan fingerprint density at radius 1 is 1.33 bits per heavy atom. The Bertz CT molecular complexity index is 281. The van der Waals surface area contributed by atoms with Crippen LogP contribution in [0, 0.1) is 0 Å². The van der Waals surface area contributed by atoms with E-state index >= 15 is 0 Å². The van der Waals surface area contributed by atoms with E-state index in [4.69, 9.17) is 5.73 Å². The number of aromatic nitrogens is 2. The Morgan fingerprint density at radius 3 is 2.47 bits per heavy atom. The van der Waals surface area contributed by atoms with Crippen LogP contribution in [0.2, 0.25) is 0 Å². The number of nitrogen functional groups attached to an aromatic ring is 1. The maximum absolute atomic E-state index is 5.42. The Kier molecular flexibility index (Phi) is 8.75. The minimum Gasteiger partial charge on any atom is -0.368 e. The van der Waals surface area contributed by atoms with Gasteiger partial charge in [-0.05, 0) is 6.07 Å². The van der Waals surface area contributed by atoms with Gasteiger partial charge in [-0.3, -0.25) is 0 Å². The molecule has 1 aromatic rings. The van der Waals surface area contributed by atoms with Gasteiger partial charge in [0.15, 0.2) is 0 Å². The predicted octanol–water partition coefficient (Wildman–Crippen LogP) is 0.708. The summed E-state index contributed by atoms with van der Waals surface area (Å²) >= 11 is 0. The van der Waals surface area contributed by atoms with Crippen LogP contribution in [0.3, 0.4) is 0 Å². The van der Waals surface area contributed by atoms with Crippen molar-refractivity contribution in [2.75, 3.05) is 24.1 Å². The van der Waals surface area contributed by atoms with Crippen molar-refractivity contribution < 1.29 is 0 Å². The molecule has 8 heteroatoms. The molecular formula is C7H14Cl3N5. The van der Waals surface area contributed by atoms with Crippen molar-refractivity contribution >= 4 is 49.0 Å².